The van der Waals surface area contributed by atoms with Gasteiger partial charge < -0.3 is 5.11 Å². The number of carbonyl (C=O) groups is 2. The summed E-state index contributed by atoms with van der Waals surface area (Å²) >= 11 is 0. The summed E-state index contributed by atoms with van der Waals surface area (Å²) in [5.41, 5.74) is 0. The van der Waals surface area contributed by atoms with Crippen LogP contribution in [-0.4, -0.2) is 16.9 Å². The molecule has 0 aromatic carbocycles. The Morgan fingerprint density at radius 3 is 2.45 bits per heavy atom. The van der Waals surface area contributed by atoms with Gasteiger partial charge in [0.05, 0.1) is 5.92 Å². The molecule has 4 aliphatic carbocycles. The highest BCUT2D eigenvalue weighted by Crippen LogP contribution is 2.71. The maximum Gasteiger partial charge on any atom is 0.307 e. The zero-order valence-corrected chi connectivity index (χ0v) is 5.86. The van der Waals surface area contributed by atoms with Crippen molar-refractivity contribution in [2.24, 2.45) is 29.6 Å². The monoisotopic (exact) mass is 152 g/mol. The summed E-state index contributed by atoms with van der Waals surface area (Å²) < 4.78 is 0. The Balaban J connectivity index is 2.03. The predicted molar refractivity (Wildman–Crippen MR) is 34.7 cm³/mol. The first kappa shape index (κ1) is 5.75. The molecule has 4 bridgehead atoms. The lowest BCUT2D eigenvalue weighted by Gasteiger charge is -2.05. The minimum atomic E-state index is -0.754. The van der Waals surface area contributed by atoms with Gasteiger partial charge >= 0.3 is 5.97 Å². The van der Waals surface area contributed by atoms with Crippen molar-refractivity contribution in [3.05, 3.63) is 0 Å². The Morgan fingerprint density at radius 1 is 1.55 bits per heavy atom. The van der Waals surface area contributed by atoms with E-state index in [0.717, 1.165) is 6.42 Å². The molecule has 0 aliphatic heterocycles. The Morgan fingerprint density at radius 2 is 2.27 bits per heavy atom. The average Bonchev–Trinajstić information content (AvgIpc) is 2.33. The van der Waals surface area contributed by atoms with Crippen LogP contribution in [0.5, 0.6) is 0 Å². The van der Waals surface area contributed by atoms with Gasteiger partial charge in [0, 0.05) is 11.8 Å². The number of Topliss-reactive ketones (excluding diaryl/α,β-unsaturated/α-hetero) is 1. The van der Waals surface area contributed by atoms with Crippen molar-refractivity contribution in [1.29, 1.82) is 0 Å². The lowest BCUT2D eigenvalue weighted by atomic mass is 9.98. The first-order valence-electron chi connectivity index (χ1n) is 3.98. The van der Waals surface area contributed by atoms with Crippen LogP contribution in [0.15, 0.2) is 0 Å². The minimum Gasteiger partial charge on any atom is -0.481 e. The van der Waals surface area contributed by atoms with Crippen LogP contribution in [0, 0.1) is 29.6 Å². The van der Waals surface area contributed by atoms with Gasteiger partial charge in [-0.2, -0.15) is 0 Å². The van der Waals surface area contributed by atoms with Gasteiger partial charge in [-0.1, -0.05) is 0 Å². The molecule has 5 atom stereocenters. The molecule has 11 heavy (non-hydrogen) atoms. The molecule has 0 amide bonds. The van der Waals surface area contributed by atoms with E-state index in [4.69, 9.17) is 5.11 Å². The van der Waals surface area contributed by atoms with Crippen molar-refractivity contribution >= 4 is 11.8 Å². The third kappa shape index (κ3) is 0.424. The van der Waals surface area contributed by atoms with Gasteiger partial charge in [-0.25, -0.2) is 0 Å². The second kappa shape index (κ2) is 1.36. The van der Waals surface area contributed by atoms with Crippen molar-refractivity contribution in [2.45, 2.75) is 6.42 Å². The molecular weight excluding hydrogens is 144 g/mol. The van der Waals surface area contributed by atoms with Crippen molar-refractivity contribution in [2.75, 3.05) is 0 Å². The summed E-state index contributed by atoms with van der Waals surface area (Å²) in [5, 5.41) is 8.77. The van der Waals surface area contributed by atoms with Crippen LogP contribution in [0.3, 0.4) is 0 Å². The number of ketones is 1. The molecule has 3 heteroatoms. The second-order valence-corrected chi connectivity index (χ2v) is 3.88. The van der Waals surface area contributed by atoms with Crippen molar-refractivity contribution in [1.82, 2.24) is 0 Å². The fourth-order valence-electron chi connectivity index (χ4n) is 3.18. The Kier molecular flexibility index (Phi) is 0.708. The van der Waals surface area contributed by atoms with E-state index in [1.807, 2.05) is 0 Å². The molecule has 4 aliphatic rings. The molecule has 3 nitrogen and oxygen atoms in total. The van der Waals surface area contributed by atoms with Crippen molar-refractivity contribution < 1.29 is 14.7 Å². The summed E-state index contributed by atoms with van der Waals surface area (Å²) in [5.74, 6) is -0.0482. The number of hydrogen-bond acceptors (Lipinski definition) is 2. The lowest BCUT2D eigenvalue weighted by molar-refractivity contribution is -0.144. The van der Waals surface area contributed by atoms with E-state index in [9.17, 15) is 9.59 Å². The first-order valence-corrected chi connectivity index (χ1v) is 3.98. The number of hydrogen-bond donors (Lipinski definition) is 1. The van der Waals surface area contributed by atoms with E-state index >= 15 is 0 Å². The SMILES string of the molecule is O=C(O)[C@H]1[C@@H]2[C@H]3C[C@H]1C(=O)[C@@H]32. The van der Waals surface area contributed by atoms with Crippen LogP contribution in [-0.2, 0) is 9.59 Å². The van der Waals surface area contributed by atoms with Gasteiger partial charge in [-0.3, -0.25) is 9.59 Å². The first-order chi connectivity index (χ1) is 5.22. The van der Waals surface area contributed by atoms with Gasteiger partial charge in [0.15, 0.2) is 0 Å². The topological polar surface area (TPSA) is 54.4 Å². The maximum atomic E-state index is 11.2. The molecular formula is C8H8O3. The Hall–Kier alpha value is -0.860. The van der Waals surface area contributed by atoms with Crippen LogP contribution in [0.25, 0.3) is 0 Å². The quantitative estimate of drug-likeness (QED) is 0.582. The number of carboxylic acids is 1. The zero-order valence-electron chi connectivity index (χ0n) is 5.86. The molecule has 0 spiro atoms. The summed E-state index contributed by atoms with van der Waals surface area (Å²) in [4.78, 5) is 21.9. The lowest BCUT2D eigenvalue weighted by Crippen LogP contribution is -2.19. The third-order valence-corrected chi connectivity index (χ3v) is 3.58. The molecule has 4 rings (SSSR count). The maximum absolute atomic E-state index is 11.2. The molecule has 58 valence electrons. The van der Waals surface area contributed by atoms with Crippen molar-refractivity contribution in [3.8, 4) is 0 Å². The Labute approximate surface area is 63.4 Å². The molecule has 1 N–H and O–H groups in total. The predicted octanol–water partition coefficient (Wildman–Crippen LogP) is 0.152. The van der Waals surface area contributed by atoms with Crippen LogP contribution < -0.4 is 0 Å². The van der Waals surface area contributed by atoms with E-state index in [2.05, 4.69) is 0 Å². The fourth-order valence-corrected chi connectivity index (χ4v) is 3.18. The van der Waals surface area contributed by atoms with Gasteiger partial charge in [0.25, 0.3) is 0 Å². The van der Waals surface area contributed by atoms with Gasteiger partial charge in [0.2, 0.25) is 0 Å². The van der Waals surface area contributed by atoms with Gasteiger partial charge in [0.1, 0.15) is 5.78 Å². The summed E-state index contributed by atoms with van der Waals surface area (Å²) in [6.45, 7) is 0. The van der Waals surface area contributed by atoms with E-state index in [0.29, 0.717) is 5.92 Å². The molecule has 4 fully saturated rings. The average molecular weight is 152 g/mol. The van der Waals surface area contributed by atoms with Gasteiger partial charge in [-0.05, 0) is 18.3 Å². The highest BCUT2D eigenvalue weighted by molar-refractivity contribution is 5.98. The number of carbonyl (C=O) groups excluding carboxylic acids is 1. The summed E-state index contributed by atoms with van der Waals surface area (Å²) in [6.07, 6.45) is 0.866. The van der Waals surface area contributed by atoms with E-state index < -0.39 is 5.97 Å². The summed E-state index contributed by atoms with van der Waals surface area (Å²) in [6, 6.07) is 0. The largest absolute Gasteiger partial charge is 0.481 e. The number of rotatable bonds is 1. The molecule has 0 aromatic rings. The van der Waals surface area contributed by atoms with Crippen LogP contribution in [0.2, 0.25) is 0 Å². The second-order valence-electron chi connectivity index (χ2n) is 3.88. The molecule has 0 heterocycles. The molecule has 0 saturated heterocycles. The van der Waals surface area contributed by atoms with Crippen molar-refractivity contribution in [3.63, 3.8) is 0 Å². The molecule has 0 radical (unpaired) electrons. The fraction of sp³-hybridized carbons (Fsp3) is 0.750. The van der Waals surface area contributed by atoms with Crippen LogP contribution >= 0.6 is 0 Å². The zero-order chi connectivity index (χ0) is 7.75. The Bertz CT molecular complexity index is 271. The molecule has 0 unspecified atom stereocenters. The number of aliphatic carboxylic acids is 1. The van der Waals surface area contributed by atoms with E-state index in [1.54, 1.807) is 0 Å². The van der Waals surface area contributed by atoms with E-state index in [-0.39, 0.29) is 29.5 Å². The van der Waals surface area contributed by atoms with E-state index in [1.165, 1.54) is 0 Å². The smallest absolute Gasteiger partial charge is 0.307 e. The molecule has 4 saturated carbocycles. The van der Waals surface area contributed by atoms with Crippen LogP contribution in [0.1, 0.15) is 6.42 Å². The highest BCUT2D eigenvalue weighted by atomic mass is 16.4. The standard InChI is InChI=1S/C8H8O3/c9-7-3-1-2-4(5(2)7)6(3)8(10)11/h2-6H,1H2,(H,10,11)/t2-,3-,4-,5+,6-/m1/s1. The molecule has 0 aromatic heterocycles. The highest BCUT2D eigenvalue weighted by Gasteiger charge is 2.75. The third-order valence-electron chi connectivity index (χ3n) is 3.58. The van der Waals surface area contributed by atoms with Gasteiger partial charge in [-0.15, -0.1) is 0 Å². The minimum absolute atomic E-state index is 0.104. The normalized spacial score (nSPS) is 56.7. The summed E-state index contributed by atoms with van der Waals surface area (Å²) in [7, 11) is 0. The number of carboxylic acid groups (broad SMARTS) is 1. The van der Waals surface area contributed by atoms with Crippen LogP contribution in [0.4, 0.5) is 0 Å².